The maximum absolute atomic E-state index is 12.4. The van der Waals surface area contributed by atoms with Crippen LogP contribution in [0.15, 0.2) is 24.3 Å². The standard InChI is InChI=1S/C13H13F3O2/c14-13(15,16)11-5-3-8(4-6-11)9-1-2-10(7-9)12(17)18/h3-6,9-10H,1-2,7H2,(H,17,18). The predicted octanol–water partition coefficient (Wildman–Crippen LogP) is 3.67. The van der Waals surface area contributed by atoms with Gasteiger partial charge in [0.25, 0.3) is 0 Å². The van der Waals surface area contributed by atoms with E-state index >= 15 is 0 Å². The number of rotatable bonds is 2. The Balaban J connectivity index is 2.10. The lowest BCUT2D eigenvalue weighted by Crippen LogP contribution is -2.09. The minimum atomic E-state index is -4.32. The van der Waals surface area contributed by atoms with Gasteiger partial charge < -0.3 is 5.11 Å². The zero-order chi connectivity index (χ0) is 13.3. The molecule has 0 spiro atoms. The van der Waals surface area contributed by atoms with Gasteiger partial charge in [-0.2, -0.15) is 13.2 Å². The third-order valence-electron chi connectivity index (χ3n) is 3.49. The minimum Gasteiger partial charge on any atom is -0.481 e. The molecule has 1 aromatic rings. The van der Waals surface area contributed by atoms with E-state index in [2.05, 4.69) is 0 Å². The second kappa shape index (κ2) is 4.63. The summed E-state index contributed by atoms with van der Waals surface area (Å²) in [5, 5.41) is 8.88. The van der Waals surface area contributed by atoms with Gasteiger partial charge in [0, 0.05) is 0 Å². The number of hydrogen-bond acceptors (Lipinski definition) is 1. The molecule has 18 heavy (non-hydrogen) atoms. The topological polar surface area (TPSA) is 37.3 Å². The van der Waals surface area contributed by atoms with Gasteiger partial charge in [0.1, 0.15) is 0 Å². The smallest absolute Gasteiger partial charge is 0.416 e. The number of carboxylic acid groups (broad SMARTS) is 1. The summed E-state index contributed by atoms with van der Waals surface area (Å²) in [6.07, 6.45) is -2.48. The Hall–Kier alpha value is -1.52. The van der Waals surface area contributed by atoms with Crippen molar-refractivity contribution in [1.29, 1.82) is 0 Å². The van der Waals surface area contributed by atoms with E-state index in [9.17, 15) is 18.0 Å². The van der Waals surface area contributed by atoms with Crippen LogP contribution in [0, 0.1) is 5.92 Å². The summed E-state index contributed by atoms with van der Waals surface area (Å²) in [5.41, 5.74) is 0.130. The normalized spacial score (nSPS) is 24.2. The van der Waals surface area contributed by atoms with Crippen molar-refractivity contribution >= 4 is 5.97 Å². The lowest BCUT2D eigenvalue weighted by molar-refractivity contribution is -0.141. The van der Waals surface area contributed by atoms with Gasteiger partial charge in [-0.1, -0.05) is 12.1 Å². The minimum absolute atomic E-state index is 0.0633. The highest BCUT2D eigenvalue weighted by atomic mass is 19.4. The Kier molecular flexibility index (Phi) is 3.32. The molecule has 0 radical (unpaired) electrons. The molecule has 5 heteroatoms. The molecule has 0 bridgehead atoms. The van der Waals surface area contributed by atoms with Crippen LogP contribution in [0.2, 0.25) is 0 Å². The van der Waals surface area contributed by atoms with E-state index in [0.29, 0.717) is 12.8 Å². The summed E-state index contributed by atoms with van der Waals surface area (Å²) in [6.45, 7) is 0. The van der Waals surface area contributed by atoms with Gasteiger partial charge in [-0.25, -0.2) is 0 Å². The summed E-state index contributed by atoms with van der Waals surface area (Å²) < 4.78 is 37.2. The van der Waals surface area contributed by atoms with E-state index < -0.39 is 17.7 Å². The first-order valence-corrected chi connectivity index (χ1v) is 5.78. The quantitative estimate of drug-likeness (QED) is 0.878. The fourth-order valence-corrected chi connectivity index (χ4v) is 2.45. The molecule has 0 heterocycles. The van der Waals surface area contributed by atoms with E-state index in [1.807, 2.05) is 0 Å². The molecule has 98 valence electrons. The summed E-state index contributed by atoms with van der Waals surface area (Å²) in [5.74, 6) is -1.12. The van der Waals surface area contributed by atoms with E-state index in [1.165, 1.54) is 12.1 Å². The third kappa shape index (κ3) is 2.66. The van der Waals surface area contributed by atoms with E-state index in [-0.39, 0.29) is 11.8 Å². The van der Waals surface area contributed by atoms with Crippen molar-refractivity contribution < 1.29 is 23.1 Å². The number of hydrogen-bond donors (Lipinski definition) is 1. The average molecular weight is 258 g/mol. The SMILES string of the molecule is O=C(O)C1CCC(c2ccc(C(F)(F)F)cc2)C1. The maximum Gasteiger partial charge on any atom is 0.416 e. The van der Waals surface area contributed by atoms with Gasteiger partial charge in [-0.3, -0.25) is 4.79 Å². The van der Waals surface area contributed by atoms with Crippen LogP contribution in [0.5, 0.6) is 0 Å². The number of aliphatic carboxylic acids is 1. The number of carbonyl (C=O) groups is 1. The Morgan fingerprint density at radius 1 is 1.17 bits per heavy atom. The van der Waals surface area contributed by atoms with Crippen LogP contribution in [0.25, 0.3) is 0 Å². The average Bonchev–Trinajstić information content (AvgIpc) is 2.77. The molecule has 0 saturated heterocycles. The first-order valence-electron chi connectivity index (χ1n) is 5.78. The summed E-state index contributed by atoms with van der Waals surface area (Å²) in [4.78, 5) is 10.8. The Morgan fingerprint density at radius 3 is 2.22 bits per heavy atom. The zero-order valence-corrected chi connectivity index (χ0v) is 9.57. The summed E-state index contributed by atoms with van der Waals surface area (Å²) in [7, 11) is 0. The second-order valence-corrected chi connectivity index (χ2v) is 4.66. The van der Waals surface area contributed by atoms with E-state index in [1.54, 1.807) is 0 Å². The molecule has 1 aliphatic rings. The summed E-state index contributed by atoms with van der Waals surface area (Å²) in [6, 6.07) is 5.03. The third-order valence-corrected chi connectivity index (χ3v) is 3.49. The van der Waals surface area contributed by atoms with Crippen LogP contribution in [-0.4, -0.2) is 11.1 Å². The fourth-order valence-electron chi connectivity index (χ4n) is 2.45. The number of carboxylic acids is 1. The molecule has 0 amide bonds. The van der Waals surface area contributed by atoms with Crippen LogP contribution in [0.3, 0.4) is 0 Å². The molecular formula is C13H13F3O2. The molecule has 2 unspecified atom stereocenters. The van der Waals surface area contributed by atoms with Crippen LogP contribution in [0.4, 0.5) is 13.2 Å². The molecule has 1 aromatic carbocycles. The molecule has 1 N–H and O–H groups in total. The lowest BCUT2D eigenvalue weighted by Gasteiger charge is -2.12. The number of alkyl halides is 3. The van der Waals surface area contributed by atoms with Crippen LogP contribution >= 0.6 is 0 Å². The first kappa shape index (κ1) is 12.9. The molecule has 2 nitrogen and oxygen atoms in total. The van der Waals surface area contributed by atoms with Crippen molar-refractivity contribution in [3.63, 3.8) is 0 Å². The fraction of sp³-hybridized carbons (Fsp3) is 0.462. The molecular weight excluding hydrogens is 245 g/mol. The van der Waals surface area contributed by atoms with Gasteiger partial charge in [0.05, 0.1) is 11.5 Å². The molecule has 2 atom stereocenters. The summed E-state index contributed by atoms with van der Waals surface area (Å²) >= 11 is 0. The predicted molar refractivity (Wildman–Crippen MR) is 59.2 cm³/mol. The van der Waals surface area contributed by atoms with Crippen molar-refractivity contribution in [3.8, 4) is 0 Å². The Labute approximate surface area is 102 Å². The molecule has 1 aliphatic carbocycles. The Bertz CT molecular complexity index is 437. The Morgan fingerprint density at radius 2 is 1.78 bits per heavy atom. The zero-order valence-electron chi connectivity index (χ0n) is 9.57. The first-order chi connectivity index (χ1) is 8.38. The second-order valence-electron chi connectivity index (χ2n) is 4.66. The van der Waals surface area contributed by atoms with Crippen LogP contribution in [-0.2, 0) is 11.0 Å². The highest BCUT2D eigenvalue weighted by Crippen LogP contribution is 2.39. The van der Waals surface area contributed by atoms with Crippen LogP contribution in [0.1, 0.15) is 36.3 Å². The van der Waals surface area contributed by atoms with E-state index in [0.717, 1.165) is 24.1 Å². The molecule has 1 fully saturated rings. The van der Waals surface area contributed by atoms with Gasteiger partial charge in [-0.05, 0) is 42.9 Å². The highest BCUT2D eigenvalue weighted by Gasteiger charge is 2.32. The van der Waals surface area contributed by atoms with Crippen molar-refractivity contribution in [2.24, 2.45) is 5.92 Å². The van der Waals surface area contributed by atoms with Crippen molar-refractivity contribution in [2.45, 2.75) is 31.4 Å². The monoisotopic (exact) mass is 258 g/mol. The van der Waals surface area contributed by atoms with Gasteiger partial charge in [0.2, 0.25) is 0 Å². The van der Waals surface area contributed by atoms with Gasteiger partial charge in [-0.15, -0.1) is 0 Å². The van der Waals surface area contributed by atoms with Crippen molar-refractivity contribution in [1.82, 2.24) is 0 Å². The lowest BCUT2D eigenvalue weighted by atomic mass is 9.95. The molecule has 0 aromatic heterocycles. The van der Waals surface area contributed by atoms with Gasteiger partial charge >= 0.3 is 12.1 Å². The van der Waals surface area contributed by atoms with Crippen molar-refractivity contribution in [2.75, 3.05) is 0 Å². The molecule has 1 saturated carbocycles. The number of benzene rings is 1. The largest absolute Gasteiger partial charge is 0.481 e. The van der Waals surface area contributed by atoms with E-state index in [4.69, 9.17) is 5.11 Å². The number of halogens is 3. The van der Waals surface area contributed by atoms with Crippen molar-refractivity contribution in [3.05, 3.63) is 35.4 Å². The molecule has 2 rings (SSSR count). The maximum atomic E-state index is 12.4. The van der Waals surface area contributed by atoms with Gasteiger partial charge in [0.15, 0.2) is 0 Å². The highest BCUT2D eigenvalue weighted by molar-refractivity contribution is 5.70. The van der Waals surface area contributed by atoms with Crippen LogP contribution < -0.4 is 0 Å². The molecule has 0 aliphatic heterocycles.